The molecule has 0 aliphatic carbocycles. The minimum atomic E-state index is -1.12. The molecule has 0 saturated heterocycles. The summed E-state index contributed by atoms with van der Waals surface area (Å²) >= 11 is 0. The van der Waals surface area contributed by atoms with Crippen LogP contribution >= 0.6 is 0 Å². The lowest BCUT2D eigenvalue weighted by molar-refractivity contribution is 0.0684. The van der Waals surface area contributed by atoms with E-state index in [1.54, 1.807) is 6.92 Å². The largest absolute Gasteiger partial charge is 0.485 e. The topological polar surface area (TPSA) is 72.3 Å². The highest BCUT2D eigenvalue weighted by Gasteiger charge is 2.14. The van der Waals surface area contributed by atoms with Gasteiger partial charge in [-0.3, -0.25) is 0 Å². The molecular weight excluding hydrogens is 232 g/mol. The highest BCUT2D eigenvalue weighted by atomic mass is 16.5. The quantitative estimate of drug-likeness (QED) is 0.891. The van der Waals surface area contributed by atoms with Crippen molar-refractivity contribution in [2.75, 3.05) is 0 Å². The van der Waals surface area contributed by atoms with E-state index in [4.69, 9.17) is 9.84 Å². The van der Waals surface area contributed by atoms with Crippen molar-refractivity contribution in [1.82, 2.24) is 9.97 Å². The molecule has 0 fully saturated rings. The van der Waals surface area contributed by atoms with Crippen LogP contribution in [0.25, 0.3) is 0 Å². The summed E-state index contributed by atoms with van der Waals surface area (Å²) in [7, 11) is 0. The molecule has 5 nitrogen and oxygen atoms in total. The summed E-state index contributed by atoms with van der Waals surface area (Å²) in [5.74, 6) is -0.542. The van der Waals surface area contributed by atoms with Crippen molar-refractivity contribution in [2.45, 2.75) is 13.5 Å². The average Bonchev–Trinajstić information content (AvgIpc) is 2.38. The number of hydrogen-bond acceptors (Lipinski definition) is 4. The van der Waals surface area contributed by atoms with E-state index < -0.39 is 5.97 Å². The van der Waals surface area contributed by atoms with E-state index in [1.165, 1.54) is 6.20 Å². The van der Waals surface area contributed by atoms with Crippen molar-refractivity contribution in [2.24, 2.45) is 0 Å². The zero-order valence-electron chi connectivity index (χ0n) is 9.83. The average molecular weight is 244 g/mol. The Kier molecular flexibility index (Phi) is 3.52. The third-order valence-corrected chi connectivity index (χ3v) is 2.32. The van der Waals surface area contributed by atoms with Gasteiger partial charge in [-0.05, 0) is 12.5 Å². The highest BCUT2D eigenvalue weighted by Crippen LogP contribution is 2.16. The zero-order chi connectivity index (χ0) is 13.0. The Bertz CT molecular complexity index is 555. The number of nitrogens with zero attached hydrogens (tertiary/aromatic N) is 2. The van der Waals surface area contributed by atoms with Gasteiger partial charge in [0.2, 0.25) is 0 Å². The smallest absolute Gasteiger partial charge is 0.358 e. The minimum absolute atomic E-state index is 0.113. The summed E-state index contributed by atoms with van der Waals surface area (Å²) in [5.41, 5.74) is 0.841. The molecule has 0 saturated carbocycles. The molecule has 1 aromatic carbocycles. The van der Waals surface area contributed by atoms with Crippen LogP contribution in [0, 0.1) is 6.92 Å². The molecule has 0 unspecified atom stereocenters. The fourth-order valence-corrected chi connectivity index (χ4v) is 1.45. The van der Waals surface area contributed by atoms with E-state index in [-0.39, 0.29) is 18.1 Å². The van der Waals surface area contributed by atoms with Gasteiger partial charge in [-0.2, -0.15) is 0 Å². The van der Waals surface area contributed by atoms with E-state index in [2.05, 4.69) is 9.97 Å². The summed E-state index contributed by atoms with van der Waals surface area (Å²) in [4.78, 5) is 18.8. The Morgan fingerprint density at radius 2 is 2.06 bits per heavy atom. The number of hydrogen-bond donors (Lipinski definition) is 1. The third kappa shape index (κ3) is 2.82. The van der Waals surface area contributed by atoms with Crippen molar-refractivity contribution in [3.63, 3.8) is 0 Å². The first-order valence-corrected chi connectivity index (χ1v) is 5.40. The number of carbonyl (C=O) groups is 1. The summed E-state index contributed by atoms with van der Waals surface area (Å²) in [6, 6.07) is 9.48. The molecule has 1 aromatic heterocycles. The maximum absolute atomic E-state index is 11.0. The van der Waals surface area contributed by atoms with E-state index in [0.29, 0.717) is 5.82 Å². The second-order valence-electron chi connectivity index (χ2n) is 3.71. The minimum Gasteiger partial charge on any atom is -0.485 e. The molecule has 0 aliphatic rings. The van der Waals surface area contributed by atoms with Crippen LogP contribution in [0.3, 0.4) is 0 Å². The molecule has 2 aromatic rings. The molecule has 18 heavy (non-hydrogen) atoms. The summed E-state index contributed by atoms with van der Waals surface area (Å²) in [5, 5.41) is 9.02. The van der Waals surface area contributed by atoms with Crippen molar-refractivity contribution in [3.05, 3.63) is 53.6 Å². The van der Waals surface area contributed by atoms with Gasteiger partial charge in [0.15, 0.2) is 11.4 Å². The Hall–Kier alpha value is -2.43. The van der Waals surface area contributed by atoms with Crippen molar-refractivity contribution in [1.29, 1.82) is 0 Å². The van der Waals surface area contributed by atoms with E-state index in [9.17, 15) is 4.79 Å². The monoisotopic (exact) mass is 244 g/mol. The summed E-state index contributed by atoms with van der Waals surface area (Å²) in [6.45, 7) is 1.92. The Labute approximate surface area is 104 Å². The van der Waals surface area contributed by atoms with Gasteiger partial charge in [0.05, 0.1) is 6.20 Å². The second-order valence-corrected chi connectivity index (χ2v) is 3.71. The van der Waals surface area contributed by atoms with E-state index >= 15 is 0 Å². The fraction of sp³-hybridized carbons (Fsp3) is 0.154. The lowest BCUT2D eigenvalue weighted by Crippen LogP contribution is -2.08. The van der Waals surface area contributed by atoms with Gasteiger partial charge in [-0.15, -0.1) is 0 Å². The van der Waals surface area contributed by atoms with Gasteiger partial charge in [-0.1, -0.05) is 30.3 Å². The van der Waals surface area contributed by atoms with Gasteiger partial charge in [0.25, 0.3) is 0 Å². The second kappa shape index (κ2) is 5.27. The standard InChI is InChI=1S/C13H12N2O3/c1-9-14-7-11(12(15-9)13(16)17)18-8-10-5-3-2-4-6-10/h2-7H,8H2,1H3,(H,16,17). The summed E-state index contributed by atoms with van der Waals surface area (Å²) < 4.78 is 5.43. The van der Waals surface area contributed by atoms with Crippen LogP contribution in [0.4, 0.5) is 0 Å². The first-order chi connectivity index (χ1) is 8.66. The van der Waals surface area contributed by atoms with Crippen LogP contribution in [0.5, 0.6) is 5.75 Å². The Balaban J connectivity index is 2.17. The molecule has 2 rings (SSSR count). The van der Waals surface area contributed by atoms with Crippen molar-refractivity contribution >= 4 is 5.97 Å². The first kappa shape index (κ1) is 12.0. The Morgan fingerprint density at radius 3 is 2.72 bits per heavy atom. The van der Waals surface area contributed by atoms with Crippen LogP contribution in [0.2, 0.25) is 0 Å². The molecule has 0 aliphatic heterocycles. The lowest BCUT2D eigenvalue weighted by Gasteiger charge is -2.08. The van der Waals surface area contributed by atoms with Gasteiger partial charge in [0, 0.05) is 0 Å². The maximum atomic E-state index is 11.0. The SMILES string of the molecule is Cc1ncc(OCc2ccccc2)c(C(=O)O)n1. The Morgan fingerprint density at radius 1 is 1.33 bits per heavy atom. The van der Waals surface area contributed by atoms with Crippen molar-refractivity contribution < 1.29 is 14.6 Å². The van der Waals surface area contributed by atoms with E-state index in [1.807, 2.05) is 30.3 Å². The number of aromatic nitrogens is 2. The van der Waals surface area contributed by atoms with Gasteiger partial charge < -0.3 is 9.84 Å². The number of carboxylic acid groups (broad SMARTS) is 1. The number of aryl methyl sites for hydroxylation is 1. The molecule has 1 N–H and O–H groups in total. The predicted molar refractivity (Wildman–Crippen MR) is 64.5 cm³/mol. The number of ether oxygens (including phenoxy) is 1. The fourth-order valence-electron chi connectivity index (χ4n) is 1.45. The molecule has 0 atom stereocenters. The first-order valence-electron chi connectivity index (χ1n) is 5.40. The predicted octanol–water partition coefficient (Wildman–Crippen LogP) is 2.06. The summed E-state index contributed by atoms with van der Waals surface area (Å²) in [6.07, 6.45) is 1.38. The van der Waals surface area contributed by atoms with E-state index in [0.717, 1.165) is 5.56 Å². The van der Waals surface area contributed by atoms with Crippen molar-refractivity contribution in [3.8, 4) is 5.75 Å². The van der Waals surface area contributed by atoms with Gasteiger partial charge in [0.1, 0.15) is 12.4 Å². The normalized spacial score (nSPS) is 10.1. The zero-order valence-corrected chi connectivity index (χ0v) is 9.83. The lowest BCUT2D eigenvalue weighted by atomic mass is 10.2. The molecule has 0 bridgehead atoms. The third-order valence-electron chi connectivity index (χ3n) is 2.32. The van der Waals surface area contributed by atoms with Crippen LogP contribution in [0.1, 0.15) is 21.9 Å². The number of rotatable bonds is 4. The molecular formula is C13H12N2O3. The molecule has 0 spiro atoms. The van der Waals surface area contributed by atoms with Gasteiger partial charge in [-0.25, -0.2) is 14.8 Å². The number of aromatic carboxylic acids is 1. The molecule has 0 radical (unpaired) electrons. The maximum Gasteiger partial charge on any atom is 0.358 e. The van der Waals surface area contributed by atoms with Crippen LogP contribution < -0.4 is 4.74 Å². The van der Waals surface area contributed by atoms with Gasteiger partial charge >= 0.3 is 5.97 Å². The number of carboxylic acids is 1. The molecule has 92 valence electrons. The van der Waals surface area contributed by atoms with Crippen LogP contribution in [-0.4, -0.2) is 21.0 Å². The molecule has 0 amide bonds. The highest BCUT2D eigenvalue weighted by molar-refractivity contribution is 5.88. The molecule has 5 heteroatoms. The van der Waals surface area contributed by atoms with Crippen LogP contribution in [0.15, 0.2) is 36.5 Å². The number of benzene rings is 1. The molecule has 1 heterocycles. The van der Waals surface area contributed by atoms with Crippen LogP contribution in [-0.2, 0) is 6.61 Å².